The van der Waals surface area contributed by atoms with Crippen LogP contribution in [0.1, 0.15) is 60.5 Å². The fourth-order valence-corrected chi connectivity index (χ4v) is 8.87. The molecule has 226 valence electrons. The molecule has 8 nitrogen and oxygen atoms in total. The van der Waals surface area contributed by atoms with Crippen LogP contribution in [0.25, 0.3) is 0 Å². The summed E-state index contributed by atoms with van der Waals surface area (Å²) in [6.45, 7) is 4.83. The molecule has 2 aromatic carbocycles. The maximum Gasteiger partial charge on any atom is 0.264 e. The van der Waals surface area contributed by atoms with E-state index in [9.17, 15) is 13.2 Å². The maximum atomic E-state index is 13.2. The molecular formula is C32H39ClN2O6S. The number of amides is 1. The molecule has 3 heterocycles. The highest BCUT2D eigenvalue weighted by Crippen LogP contribution is 2.47. The topological polar surface area (TPSA) is 94.2 Å². The van der Waals surface area contributed by atoms with Gasteiger partial charge in [0.2, 0.25) is 10.0 Å². The molecule has 1 spiro atoms. The number of ether oxygens (including phenoxy) is 3. The predicted molar refractivity (Wildman–Crippen MR) is 161 cm³/mol. The number of hydrogen-bond acceptors (Lipinski definition) is 7. The van der Waals surface area contributed by atoms with Gasteiger partial charge in [-0.15, -0.1) is 0 Å². The third-order valence-corrected chi connectivity index (χ3v) is 11.7. The van der Waals surface area contributed by atoms with Crippen molar-refractivity contribution in [1.29, 1.82) is 0 Å². The molecule has 0 aromatic heterocycles. The van der Waals surface area contributed by atoms with Gasteiger partial charge >= 0.3 is 0 Å². The first-order valence-corrected chi connectivity index (χ1v) is 17.3. The highest BCUT2D eigenvalue weighted by molar-refractivity contribution is 7.90. The highest BCUT2D eigenvalue weighted by atomic mass is 35.5. The number of carbonyl (C=O) groups excluding carboxylic acids is 1. The van der Waals surface area contributed by atoms with Gasteiger partial charge < -0.3 is 19.1 Å². The average molecular weight is 615 g/mol. The van der Waals surface area contributed by atoms with Crippen LogP contribution in [0.3, 0.4) is 0 Å². The van der Waals surface area contributed by atoms with Crippen LogP contribution in [-0.2, 0) is 31.3 Å². The largest absolute Gasteiger partial charge is 0.490 e. The Bertz CT molecular complexity index is 1480. The van der Waals surface area contributed by atoms with Crippen molar-refractivity contribution in [1.82, 2.24) is 4.72 Å². The zero-order chi connectivity index (χ0) is 29.1. The molecule has 42 heavy (non-hydrogen) atoms. The first kappa shape index (κ1) is 28.4. The number of anilines is 1. The quantitative estimate of drug-likeness (QED) is 0.459. The first-order valence-electron chi connectivity index (χ1n) is 15.3. The Labute approximate surface area is 253 Å². The van der Waals surface area contributed by atoms with E-state index in [0.29, 0.717) is 30.6 Å². The second-order valence-electron chi connectivity index (χ2n) is 13.0. The van der Waals surface area contributed by atoms with E-state index in [1.54, 1.807) is 12.1 Å². The van der Waals surface area contributed by atoms with Crippen molar-refractivity contribution in [3.63, 3.8) is 0 Å². The highest BCUT2D eigenvalue weighted by Gasteiger charge is 2.46. The third kappa shape index (κ3) is 5.31. The summed E-state index contributed by atoms with van der Waals surface area (Å²) in [7, 11) is -3.87. The standard InChI is InChI=1S/C32H39ClN2O6S/c1-20-17-40-30-15-29(20)39-11-12-42(37,38)34-31(36)22-5-9-28-27(14-22)35(16-23-4-7-25(23)30)18-32(19-41-28)10-2-3-21-13-24(33)6-8-26(21)32/h5-6,8-9,13-14,20,23,25,29-30H,2-4,7,10-12,15-19H2,1H3,(H,34,36)/t20-,23-,25+,29+,30+,32-/m0/s1. The lowest BCUT2D eigenvalue weighted by atomic mass is 9.67. The molecule has 5 aliphatic rings. The molecule has 1 saturated carbocycles. The van der Waals surface area contributed by atoms with E-state index in [4.69, 9.17) is 25.8 Å². The number of fused-ring (bicyclic) bond motifs is 7. The summed E-state index contributed by atoms with van der Waals surface area (Å²) in [6, 6.07) is 11.5. The zero-order valence-corrected chi connectivity index (χ0v) is 25.6. The number of benzene rings is 2. The molecule has 2 aromatic rings. The number of halogens is 1. The van der Waals surface area contributed by atoms with Gasteiger partial charge in [-0.3, -0.25) is 4.79 Å². The minimum Gasteiger partial charge on any atom is -0.490 e. The fraction of sp³-hybridized carbons (Fsp3) is 0.594. The Balaban J connectivity index is 1.28. The summed E-state index contributed by atoms with van der Waals surface area (Å²) in [5.74, 6) is 0.841. The molecule has 2 fully saturated rings. The normalized spacial score (nSPS) is 34.2. The van der Waals surface area contributed by atoms with Crippen LogP contribution in [0.4, 0.5) is 5.69 Å². The molecule has 0 radical (unpaired) electrons. The SMILES string of the molecule is C[C@H]1CO[C@@H]2C[C@H]1OCCS(=O)(=O)NC(=O)c1ccc3c(c1)N(C[C@@H]1CC[C@H]12)C[C@@]1(CCCc2cc(Cl)ccc21)CO3. The van der Waals surface area contributed by atoms with Gasteiger partial charge in [-0.25, -0.2) is 13.1 Å². The average Bonchev–Trinajstić information content (AvgIpc) is 3.09. The predicted octanol–water partition coefficient (Wildman–Crippen LogP) is 4.72. The second kappa shape index (κ2) is 11.0. The molecule has 7 rings (SSSR count). The first-order chi connectivity index (χ1) is 20.2. The van der Waals surface area contributed by atoms with Gasteiger partial charge in [0.15, 0.2) is 0 Å². The Morgan fingerprint density at radius 3 is 2.81 bits per heavy atom. The van der Waals surface area contributed by atoms with Crippen molar-refractivity contribution in [2.75, 3.05) is 43.6 Å². The molecule has 1 amide bonds. The van der Waals surface area contributed by atoms with Gasteiger partial charge in [-0.2, -0.15) is 0 Å². The number of sulfonamides is 1. The van der Waals surface area contributed by atoms with Crippen molar-refractivity contribution in [2.45, 2.75) is 63.1 Å². The minimum absolute atomic E-state index is 0.0407. The molecule has 0 unspecified atom stereocenters. The molecule has 1 N–H and O–H groups in total. The summed E-state index contributed by atoms with van der Waals surface area (Å²) in [5.41, 5.74) is 3.48. The number of aryl methyl sites for hydroxylation is 1. The van der Waals surface area contributed by atoms with Crippen LogP contribution in [0.2, 0.25) is 5.02 Å². The molecular weight excluding hydrogens is 576 g/mol. The van der Waals surface area contributed by atoms with Crippen LogP contribution in [0.15, 0.2) is 36.4 Å². The van der Waals surface area contributed by atoms with Gasteiger partial charge in [-0.05, 0) is 85.4 Å². The van der Waals surface area contributed by atoms with E-state index >= 15 is 0 Å². The number of nitrogens with one attached hydrogen (secondary N) is 1. The van der Waals surface area contributed by atoms with Crippen molar-refractivity contribution in [2.24, 2.45) is 17.8 Å². The van der Waals surface area contributed by atoms with Crippen LogP contribution in [0.5, 0.6) is 5.75 Å². The van der Waals surface area contributed by atoms with Gasteiger partial charge in [0, 0.05) is 41.4 Å². The van der Waals surface area contributed by atoms with Crippen molar-refractivity contribution >= 4 is 33.2 Å². The lowest BCUT2D eigenvalue weighted by Gasteiger charge is -2.48. The van der Waals surface area contributed by atoms with E-state index in [0.717, 1.165) is 68.1 Å². The Morgan fingerprint density at radius 1 is 1.10 bits per heavy atom. The van der Waals surface area contributed by atoms with Crippen LogP contribution >= 0.6 is 11.6 Å². The Morgan fingerprint density at radius 2 is 1.98 bits per heavy atom. The number of nitrogens with zero attached hydrogens (tertiary/aromatic N) is 1. The second-order valence-corrected chi connectivity index (χ2v) is 15.3. The van der Waals surface area contributed by atoms with Gasteiger partial charge in [0.25, 0.3) is 5.91 Å². The van der Waals surface area contributed by atoms with Crippen molar-refractivity contribution in [3.05, 3.63) is 58.1 Å². The molecule has 4 bridgehead atoms. The van der Waals surface area contributed by atoms with E-state index in [1.807, 2.05) is 12.1 Å². The Hall–Kier alpha value is -2.33. The maximum absolute atomic E-state index is 13.2. The van der Waals surface area contributed by atoms with Gasteiger partial charge in [0.05, 0.1) is 43.5 Å². The smallest absolute Gasteiger partial charge is 0.264 e. The molecule has 3 aliphatic heterocycles. The van der Waals surface area contributed by atoms with Crippen LogP contribution in [0, 0.1) is 17.8 Å². The lowest BCUT2D eigenvalue weighted by Crippen LogP contribution is -2.51. The number of hydrogen-bond donors (Lipinski definition) is 1. The van der Waals surface area contributed by atoms with Gasteiger partial charge in [-0.1, -0.05) is 24.6 Å². The fourth-order valence-electron chi connectivity index (χ4n) is 7.85. The summed E-state index contributed by atoms with van der Waals surface area (Å²) < 4.78 is 47.0. The van der Waals surface area contributed by atoms with Crippen LogP contribution < -0.4 is 14.4 Å². The monoisotopic (exact) mass is 614 g/mol. The summed E-state index contributed by atoms with van der Waals surface area (Å²) in [5, 5.41) is 0.751. The summed E-state index contributed by atoms with van der Waals surface area (Å²) >= 11 is 6.41. The molecule has 10 heteroatoms. The van der Waals surface area contributed by atoms with Gasteiger partial charge in [0.1, 0.15) is 5.75 Å². The Kier molecular flexibility index (Phi) is 7.44. The van der Waals surface area contributed by atoms with E-state index in [2.05, 4.69) is 28.7 Å². The number of rotatable bonds is 0. The van der Waals surface area contributed by atoms with E-state index < -0.39 is 15.9 Å². The molecule has 2 aliphatic carbocycles. The van der Waals surface area contributed by atoms with Crippen molar-refractivity contribution < 1.29 is 27.4 Å². The summed E-state index contributed by atoms with van der Waals surface area (Å²) in [4.78, 5) is 15.6. The van der Waals surface area contributed by atoms with Crippen LogP contribution in [-0.4, -0.2) is 65.2 Å². The number of carbonyl (C=O) groups is 1. The minimum atomic E-state index is -3.87. The third-order valence-electron chi connectivity index (χ3n) is 10.3. The van der Waals surface area contributed by atoms with Crippen molar-refractivity contribution in [3.8, 4) is 5.75 Å². The van der Waals surface area contributed by atoms with E-state index in [1.165, 1.54) is 11.1 Å². The lowest BCUT2D eigenvalue weighted by molar-refractivity contribution is -0.139. The molecule has 6 atom stereocenters. The van der Waals surface area contributed by atoms with E-state index in [-0.39, 0.29) is 35.9 Å². The zero-order valence-electron chi connectivity index (χ0n) is 24.0. The summed E-state index contributed by atoms with van der Waals surface area (Å²) in [6.07, 6.45) is 6.05. The molecule has 1 saturated heterocycles.